The molecule has 0 saturated carbocycles. The van der Waals surface area contributed by atoms with Gasteiger partial charge in [0.2, 0.25) is 0 Å². The van der Waals surface area contributed by atoms with Crippen molar-refractivity contribution in [3.05, 3.63) is 84.9 Å². The molecule has 0 bridgehead atoms. The molecule has 0 amide bonds. The predicted octanol–water partition coefficient (Wildman–Crippen LogP) is 7.87. The first-order valence-corrected chi connectivity index (χ1v) is 10.7. The Morgan fingerprint density at radius 3 is 1.36 bits per heavy atom. The van der Waals surface area contributed by atoms with Gasteiger partial charge in [-0.05, 0) is 36.4 Å². The largest absolute Gasteiger partial charge is 0.455 e. The summed E-state index contributed by atoms with van der Waals surface area (Å²) in [6.45, 7) is 0. The molecular weight excluding hydrogens is 384 g/mol. The molecule has 4 aromatic rings. The second-order valence-electron chi connectivity index (χ2n) is 6.57. The first-order chi connectivity index (χ1) is 13.9. The van der Waals surface area contributed by atoms with E-state index in [-0.39, 0.29) is 0 Å². The van der Waals surface area contributed by atoms with E-state index in [1.165, 1.54) is 11.1 Å². The van der Waals surface area contributed by atoms with Crippen molar-refractivity contribution >= 4 is 23.5 Å². The molecule has 2 aliphatic heterocycles. The fourth-order valence-corrected chi connectivity index (χ4v) is 5.67. The molecule has 0 spiro atoms. The summed E-state index contributed by atoms with van der Waals surface area (Å²) in [4.78, 5) is 4.58. The average molecular weight is 399 g/mol. The molecule has 4 aromatic carbocycles. The van der Waals surface area contributed by atoms with Crippen molar-refractivity contribution in [2.24, 2.45) is 0 Å². The van der Waals surface area contributed by atoms with E-state index >= 15 is 0 Å². The van der Waals surface area contributed by atoms with Gasteiger partial charge >= 0.3 is 0 Å². The van der Waals surface area contributed by atoms with Crippen LogP contribution in [0.25, 0.3) is 11.1 Å². The zero-order chi connectivity index (χ0) is 18.5. The van der Waals surface area contributed by atoms with Crippen LogP contribution in [-0.4, -0.2) is 0 Å². The number of ether oxygens (including phenoxy) is 2. The maximum atomic E-state index is 6.18. The van der Waals surface area contributed by atoms with E-state index < -0.39 is 0 Å². The molecule has 2 heterocycles. The van der Waals surface area contributed by atoms with Gasteiger partial charge in [0.1, 0.15) is 23.0 Å². The van der Waals surface area contributed by atoms with Crippen LogP contribution < -0.4 is 9.47 Å². The molecule has 6 rings (SSSR count). The fraction of sp³-hybridized carbons (Fsp3) is 0. The number of fused-ring (bicyclic) bond motifs is 4. The van der Waals surface area contributed by atoms with Gasteiger partial charge in [-0.1, -0.05) is 72.1 Å². The molecular formula is C24H14O2S2. The van der Waals surface area contributed by atoms with Gasteiger partial charge in [0.25, 0.3) is 0 Å². The lowest BCUT2D eigenvalue weighted by atomic mass is 10.0. The van der Waals surface area contributed by atoms with Crippen LogP contribution in [-0.2, 0) is 0 Å². The molecule has 0 unspecified atom stereocenters. The topological polar surface area (TPSA) is 18.5 Å². The first kappa shape index (κ1) is 16.2. The van der Waals surface area contributed by atoms with Gasteiger partial charge in [-0.2, -0.15) is 0 Å². The molecule has 2 aliphatic rings. The van der Waals surface area contributed by atoms with Crippen LogP contribution in [0.2, 0.25) is 0 Å². The number of hydrogen-bond acceptors (Lipinski definition) is 4. The third-order valence-electron chi connectivity index (χ3n) is 4.81. The summed E-state index contributed by atoms with van der Waals surface area (Å²) in [5, 5.41) is 0. The van der Waals surface area contributed by atoms with E-state index in [1.807, 2.05) is 48.5 Å². The van der Waals surface area contributed by atoms with Crippen LogP contribution in [0.15, 0.2) is 105 Å². The van der Waals surface area contributed by atoms with Crippen molar-refractivity contribution in [1.29, 1.82) is 0 Å². The SMILES string of the molecule is c1ccc2c(c1)Oc1cccc(-c3cccc4c3Sc3ccccc3O4)c1S2. The molecule has 0 saturated heterocycles. The van der Waals surface area contributed by atoms with Crippen molar-refractivity contribution < 1.29 is 9.47 Å². The number of hydrogen-bond donors (Lipinski definition) is 0. The Morgan fingerprint density at radius 1 is 0.429 bits per heavy atom. The molecule has 2 nitrogen and oxygen atoms in total. The summed E-state index contributed by atoms with van der Waals surface area (Å²) >= 11 is 3.53. The summed E-state index contributed by atoms with van der Waals surface area (Å²) < 4.78 is 12.4. The van der Waals surface area contributed by atoms with Crippen LogP contribution in [0.4, 0.5) is 0 Å². The minimum atomic E-state index is 0.904. The second-order valence-corrected chi connectivity index (χ2v) is 8.67. The highest BCUT2D eigenvalue weighted by Gasteiger charge is 2.25. The Kier molecular flexibility index (Phi) is 3.67. The highest BCUT2D eigenvalue weighted by atomic mass is 32.2. The van der Waals surface area contributed by atoms with E-state index in [2.05, 4.69) is 36.4 Å². The summed E-state index contributed by atoms with van der Waals surface area (Å²) in [7, 11) is 0. The van der Waals surface area contributed by atoms with Crippen molar-refractivity contribution in [1.82, 2.24) is 0 Å². The zero-order valence-electron chi connectivity index (χ0n) is 14.7. The molecule has 0 fully saturated rings. The maximum absolute atomic E-state index is 6.18. The van der Waals surface area contributed by atoms with Crippen molar-refractivity contribution in [3.63, 3.8) is 0 Å². The Bertz CT molecular complexity index is 1140. The molecule has 4 heteroatoms. The van der Waals surface area contributed by atoms with Gasteiger partial charge in [-0.25, -0.2) is 0 Å². The van der Waals surface area contributed by atoms with Gasteiger partial charge in [0.05, 0.1) is 19.6 Å². The summed E-state index contributed by atoms with van der Waals surface area (Å²) in [6.07, 6.45) is 0. The number of rotatable bonds is 1. The molecule has 0 aliphatic carbocycles. The maximum Gasteiger partial charge on any atom is 0.142 e. The smallest absolute Gasteiger partial charge is 0.142 e. The molecule has 0 atom stereocenters. The normalized spacial score (nSPS) is 13.3. The van der Waals surface area contributed by atoms with Crippen molar-refractivity contribution in [2.45, 2.75) is 19.6 Å². The lowest BCUT2D eigenvalue weighted by Gasteiger charge is -2.25. The summed E-state index contributed by atoms with van der Waals surface area (Å²) in [5.41, 5.74) is 2.34. The van der Waals surface area contributed by atoms with E-state index in [0.717, 1.165) is 42.6 Å². The highest BCUT2D eigenvalue weighted by Crippen LogP contribution is 2.55. The Morgan fingerprint density at radius 2 is 0.857 bits per heavy atom. The first-order valence-electron chi connectivity index (χ1n) is 9.03. The molecule has 0 aromatic heterocycles. The van der Waals surface area contributed by atoms with Crippen LogP contribution in [0, 0.1) is 0 Å². The standard InChI is InChI=1S/C24H14O2S2/c1-3-13-21-17(9-1)25-19-11-5-7-15(23(19)27-21)16-8-6-12-20-24(16)28-22-14-4-2-10-18(22)26-20/h1-14H. The van der Waals surface area contributed by atoms with Crippen LogP contribution >= 0.6 is 23.5 Å². The second kappa shape index (κ2) is 6.36. The molecule has 28 heavy (non-hydrogen) atoms. The fourth-order valence-electron chi connectivity index (χ4n) is 3.52. The van der Waals surface area contributed by atoms with Gasteiger partial charge in [0, 0.05) is 11.1 Å². The van der Waals surface area contributed by atoms with E-state index in [0.29, 0.717) is 0 Å². The van der Waals surface area contributed by atoms with E-state index in [4.69, 9.17) is 9.47 Å². The third kappa shape index (κ3) is 2.53. The highest BCUT2D eigenvalue weighted by molar-refractivity contribution is 8.00. The minimum Gasteiger partial charge on any atom is -0.455 e. The van der Waals surface area contributed by atoms with Crippen molar-refractivity contribution in [2.75, 3.05) is 0 Å². The van der Waals surface area contributed by atoms with Gasteiger partial charge in [-0.3, -0.25) is 0 Å². The summed E-state index contributed by atoms with van der Waals surface area (Å²) in [5.74, 6) is 3.64. The van der Waals surface area contributed by atoms with Gasteiger partial charge < -0.3 is 9.47 Å². The zero-order valence-corrected chi connectivity index (χ0v) is 16.3. The number of para-hydroxylation sites is 2. The monoisotopic (exact) mass is 398 g/mol. The van der Waals surface area contributed by atoms with E-state index in [1.54, 1.807) is 23.5 Å². The summed E-state index contributed by atoms with van der Waals surface area (Å²) in [6, 6.07) is 28.9. The van der Waals surface area contributed by atoms with Crippen LogP contribution in [0.5, 0.6) is 23.0 Å². The number of benzene rings is 4. The molecule has 0 N–H and O–H groups in total. The van der Waals surface area contributed by atoms with Crippen molar-refractivity contribution in [3.8, 4) is 34.1 Å². The predicted molar refractivity (Wildman–Crippen MR) is 113 cm³/mol. The lowest BCUT2D eigenvalue weighted by Crippen LogP contribution is -1.99. The Labute approximate surface area is 171 Å². The Hall–Kier alpha value is -2.82. The van der Waals surface area contributed by atoms with Crippen LogP contribution in [0.3, 0.4) is 0 Å². The average Bonchev–Trinajstić information content (AvgIpc) is 2.75. The van der Waals surface area contributed by atoms with Gasteiger partial charge in [0.15, 0.2) is 0 Å². The van der Waals surface area contributed by atoms with Crippen LogP contribution in [0.1, 0.15) is 0 Å². The van der Waals surface area contributed by atoms with Gasteiger partial charge in [-0.15, -0.1) is 0 Å². The van der Waals surface area contributed by atoms with E-state index in [9.17, 15) is 0 Å². The molecule has 134 valence electrons. The molecule has 0 radical (unpaired) electrons. The Balaban J connectivity index is 1.50. The minimum absolute atomic E-state index is 0.904. The lowest BCUT2D eigenvalue weighted by molar-refractivity contribution is 0.453. The third-order valence-corrected chi connectivity index (χ3v) is 7.17. The quantitative estimate of drug-likeness (QED) is 0.280.